The van der Waals surface area contributed by atoms with Gasteiger partial charge >= 0.3 is 5.97 Å². The molecule has 0 aliphatic rings. The van der Waals surface area contributed by atoms with Gasteiger partial charge < -0.3 is 5.11 Å². The van der Waals surface area contributed by atoms with E-state index in [4.69, 9.17) is 47.6 Å². The molecule has 0 aromatic rings. The van der Waals surface area contributed by atoms with Crippen molar-refractivity contribution in [1.29, 1.82) is 0 Å². The van der Waals surface area contributed by atoms with Crippen molar-refractivity contribution in [2.24, 2.45) is 0 Å². The summed E-state index contributed by atoms with van der Waals surface area (Å²) in [7, 11) is 0. The van der Waals surface area contributed by atoms with E-state index in [-0.39, 0.29) is 0 Å². The predicted molar refractivity (Wildman–Crippen MR) is 96.0 cm³/mol. The number of hydrogen-bond acceptors (Lipinski definition) is 1. The van der Waals surface area contributed by atoms with E-state index in [2.05, 4.69) is 0 Å². The van der Waals surface area contributed by atoms with Crippen molar-refractivity contribution in [3.8, 4) is 0 Å². The number of carboxylic acids is 1. The molecular weight excluding hydrogens is 272 g/mol. The second kappa shape index (κ2) is 17.5. The van der Waals surface area contributed by atoms with Crippen molar-refractivity contribution < 1.29 is 52.4 Å². The maximum atomic E-state index is 11.2. The Kier molecular flexibility index (Phi) is 2.41. The fourth-order valence-electron chi connectivity index (χ4n) is 0.553. The van der Waals surface area contributed by atoms with Crippen molar-refractivity contribution in [2.75, 3.05) is 0 Å². The summed E-state index contributed by atoms with van der Waals surface area (Å²) in [6, 6.07) is -16.9. The average Bonchev–Trinajstić information content (AvgIpc) is 2.99. The summed E-state index contributed by atoms with van der Waals surface area (Å²) >= 11 is 0. The first-order valence-electron chi connectivity index (χ1n) is 20.7. The van der Waals surface area contributed by atoms with Crippen LogP contribution in [0.3, 0.4) is 0 Å². The molecule has 0 amide bonds. The summed E-state index contributed by atoms with van der Waals surface area (Å²) in [5, 5.41) is 9.00. The van der Waals surface area contributed by atoms with Crippen LogP contribution in [0, 0.1) is 0 Å². The zero-order valence-electron chi connectivity index (χ0n) is 41.9. The van der Waals surface area contributed by atoms with E-state index in [0.29, 0.717) is 0 Å². The van der Waals surface area contributed by atoms with Gasteiger partial charge in [-0.25, -0.2) is 0 Å². The number of hydrogen-bond donors (Lipinski definition) is 1. The van der Waals surface area contributed by atoms with Crippen molar-refractivity contribution >= 4 is 5.97 Å². The largest absolute Gasteiger partial charge is 0.481 e. The van der Waals surface area contributed by atoms with Crippen LogP contribution >= 0.6 is 0 Å². The molecule has 0 atom stereocenters. The van der Waals surface area contributed by atoms with Gasteiger partial charge in [0, 0.05) is 37.9 Å². The molecular formula is C20H32O2. The van der Waals surface area contributed by atoms with Crippen molar-refractivity contribution in [2.45, 2.75) is 70.6 Å². The van der Waals surface area contributed by atoms with Gasteiger partial charge in [-0.2, -0.15) is 0 Å². The third-order valence-electron chi connectivity index (χ3n) is 1.17. The molecule has 0 aliphatic heterocycles. The highest BCUT2D eigenvalue weighted by atomic mass is 16.4. The first kappa shape index (κ1) is 3.03. The summed E-state index contributed by atoms with van der Waals surface area (Å²) in [5.74, 6) is -2.58. The van der Waals surface area contributed by atoms with Crippen LogP contribution in [-0.4, -0.2) is 11.1 Å². The van der Waals surface area contributed by atoms with Gasteiger partial charge in [0.1, 0.15) is 0 Å². The molecule has 2 heteroatoms. The normalized spacial score (nSPS) is 43.7. The third kappa shape index (κ3) is 18.4. The Balaban J connectivity index is 7.53. The first-order valence-corrected chi connectivity index (χ1v) is 5.18. The second-order valence-electron chi connectivity index (χ2n) is 2.56. The monoisotopic (exact) mass is 335 g/mol. The molecule has 0 spiro atoms. The van der Waals surface area contributed by atoms with Gasteiger partial charge in [0.05, 0.1) is 11.0 Å². The average molecular weight is 336 g/mol. The molecule has 0 saturated heterocycles. The lowest BCUT2D eigenvalue weighted by Gasteiger charge is -1.90. The maximum Gasteiger partial charge on any atom is 0.303 e. The van der Waals surface area contributed by atoms with Gasteiger partial charge in [-0.05, 0) is 44.6 Å². The van der Waals surface area contributed by atoms with Crippen LogP contribution in [-0.2, 0) is 4.79 Å². The third-order valence-corrected chi connectivity index (χ3v) is 1.17. The van der Waals surface area contributed by atoms with E-state index in [1.54, 1.807) is 0 Å². The lowest BCUT2D eigenvalue weighted by Crippen LogP contribution is -1.92. The van der Waals surface area contributed by atoms with E-state index in [1.165, 1.54) is 0 Å². The maximum absolute atomic E-state index is 11.2. The van der Waals surface area contributed by atoms with Crippen LogP contribution in [0.1, 0.15) is 113 Å². The highest BCUT2D eigenvalue weighted by Crippen LogP contribution is 2.01. The van der Waals surface area contributed by atoms with Gasteiger partial charge in [-0.1, -0.05) is 68.0 Å². The summed E-state index contributed by atoms with van der Waals surface area (Å²) in [5.41, 5.74) is 0. The minimum absolute atomic E-state index is 2.08. The zero-order chi connectivity index (χ0) is 43.7. The minimum Gasteiger partial charge on any atom is -0.481 e. The molecule has 0 rings (SSSR count). The van der Waals surface area contributed by atoms with Crippen LogP contribution in [0.2, 0.25) is 0 Å². The highest BCUT2D eigenvalue weighted by Gasteiger charge is 1.92. The molecule has 0 fully saturated rings. The molecule has 2 nitrogen and oxygen atoms in total. The number of rotatable bonds is 14. The van der Waals surface area contributed by atoms with Crippen LogP contribution in [0.5, 0.6) is 0 Å². The Bertz CT molecular complexity index is 1570. The van der Waals surface area contributed by atoms with Gasteiger partial charge in [0.15, 0.2) is 0 Å². The van der Waals surface area contributed by atoms with Gasteiger partial charge in [-0.3, -0.25) is 4.79 Å². The van der Waals surface area contributed by atoms with Crippen molar-refractivity contribution in [3.05, 3.63) is 48.4 Å². The Morgan fingerprint density at radius 1 is 0.909 bits per heavy atom. The Morgan fingerprint density at radius 3 is 1.91 bits per heavy atom. The lowest BCUT2D eigenvalue weighted by molar-refractivity contribution is -0.137. The molecule has 0 unspecified atom stereocenters. The summed E-state index contributed by atoms with van der Waals surface area (Å²) < 4.78 is 242. The molecule has 124 valence electrons. The smallest absolute Gasteiger partial charge is 0.303 e. The van der Waals surface area contributed by atoms with Crippen LogP contribution in [0.15, 0.2) is 48.4 Å². The Labute approximate surface area is 179 Å². The molecule has 0 aliphatic carbocycles. The molecule has 0 bridgehead atoms. The fraction of sp³-hybridized carbons (Fsp3) is 0.550. The quantitative estimate of drug-likeness (QED) is 0.383. The molecule has 0 aromatic carbocycles. The van der Waals surface area contributed by atoms with Crippen molar-refractivity contribution in [3.63, 3.8) is 0 Å². The van der Waals surface area contributed by atoms with E-state index >= 15 is 0 Å². The van der Waals surface area contributed by atoms with E-state index in [9.17, 15) is 4.79 Å². The molecule has 22 heavy (non-hydrogen) atoms. The minimum atomic E-state index is -4.42. The standard InChI is InChI=1S/C20H32O2/c1-2-3-4-5-6-7-8-9-10-11-12-13-14-15-16-17-18-19-20(21)22/h6-7,9-10,12-13,15-16H,2-5,8,11,14,17-19H2,1H3,(H,21,22)/b7-6-,10-9-,13-12-,16-15-/i1D3,2D2,3D2,4D2,5D2,6D,7D,8D2,9D,10D,11D2,12D,13D,14D2,15D,16D,17D2,18D2,19D2. The number of carbonyl (C=O) groups is 1. The Hall–Kier alpha value is -1.57. The summed E-state index contributed by atoms with van der Waals surface area (Å²) in [4.78, 5) is 11.2. The van der Waals surface area contributed by atoms with E-state index in [0.717, 1.165) is 0 Å². The Morgan fingerprint density at radius 2 is 1.41 bits per heavy atom. The fourth-order valence-corrected chi connectivity index (χ4v) is 0.553. The van der Waals surface area contributed by atoms with Crippen molar-refractivity contribution in [1.82, 2.24) is 0 Å². The SMILES string of the molecule is [2H]/C(=C(\[2H])C([2H])([2H])/C([2H])=C(/[2H])C([2H])([2H])C([2H])([2H])C([2H])([2H])C(=O)O)C([2H])([2H])/C([2H])=C(/[2H])C([2H])([2H])/C([2H])=C(/[2H])C([2H])([2H])C([2H])([2H])C([2H])([2H])C([2H])([2H])C([2H])([2H])[2H]. The van der Waals surface area contributed by atoms with Crippen LogP contribution < -0.4 is 0 Å². The number of aliphatic carboxylic acids is 1. The number of carboxylic acid groups (broad SMARTS) is 1. The van der Waals surface area contributed by atoms with Crippen LogP contribution in [0.25, 0.3) is 0 Å². The topological polar surface area (TPSA) is 37.3 Å². The van der Waals surface area contributed by atoms with E-state index in [1.807, 2.05) is 0 Å². The number of allylic oxidation sites excluding steroid dienone is 8. The van der Waals surface area contributed by atoms with Gasteiger partial charge in [-0.15, -0.1) is 0 Å². The second-order valence-corrected chi connectivity index (χ2v) is 2.56. The van der Waals surface area contributed by atoms with Crippen LogP contribution in [0.4, 0.5) is 0 Å². The lowest BCUT2D eigenvalue weighted by atomic mass is 10.2. The summed E-state index contributed by atoms with van der Waals surface area (Å²) in [6.45, 7) is -3.95. The highest BCUT2D eigenvalue weighted by molar-refractivity contribution is 5.66. The van der Waals surface area contributed by atoms with Gasteiger partial charge in [0.2, 0.25) is 0 Å². The van der Waals surface area contributed by atoms with Gasteiger partial charge in [0.25, 0.3) is 0 Å². The molecule has 0 radical (unpaired) electrons. The molecule has 0 aromatic heterocycles. The van der Waals surface area contributed by atoms with E-state index < -0.39 is 125 Å². The predicted octanol–water partition coefficient (Wildman–Crippen LogP) is 6.22. The summed E-state index contributed by atoms with van der Waals surface area (Å²) in [6.07, 6.45) is -42.0. The molecule has 1 N–H and O–H groups in total. The molecule has 0 heterocycles. The zero-order valence-corrected chi connectivity index (χ0v) is 10.9. The first-order chi connectivity index (χ1) is 22.7. The molecule has 0 saturated carbocycles.